The Labute approximate surface area is 127 Å². The van der Waals surface area contributed by atoms with Gasteiger partial charge in [-0.25, -0.2) is 4.68 Å². The lowest BCUT2D eigenvalue weighted by molar-refractivity contribution is 0.262. The average molecular weight is 309 g/mol. The summed E-state index contributed by atoms with van der Waals surface area (Å²) in [5.74, 6) is 1.21. The number of nitrogens with zero attached hydrogens (tertiary/aromatic N) is 3. The van der Waals surface area contributed by atoms with E-state index >= 15 is 0 Å². The third kappa shape index (κ3) is 3.10. The molecule has 0 atom stereocenters. The van der Waals surface area contributed by atoms with Crippen molar-refractivity contribution >= 4 is 17.3 Å². The van der Waals surface area contributed by atoms with Gasteiger partial charge in [0.25, 0.3) is 5.56 Å². The number of halogens is 1. The van der Waals surface area contributed by atoms with Crippen molar-refractivity contribution in [2.45, 2.75) is 39.3 Å². The molecule has 1 saturated carbocycles. The topological polar surface area (TPSA) is 73.0 Å². The van der Waals surface area contributed by atoms with Crippen molar-refractivity contribution in [3.05, 3.63) is 39.1 Å². The van der Waals surface area contributed by atoms with Gasteiger partial charge in [0.15, 0.2) is 5.76 Å². The molecule has 0 radical (unpaired) electrons. The van der Waals surface area contributed by atoms with Crippen LogP contribution in [-0.4, -0.2) is 14.9 Å². The van der Waals surface area contributed by atoms with Crippen LogP contribution in [0.3, 0.4) is 0 Å². The van der Waals surface area contributed by atoms with E-state index in [9.17, 15) is 4.79 Å². The van der Waals surface area contributed by atoms with E-state index in [-0.39, 0.29) is 5.56 Å². The fourth-order valence-corrected chi connectivity index (χ4v) is 2.55. The maximum Gasteiger partial charge on any atom is 0.291 e. The van der Waals surface area contributed by atoms with E-state index in [0.717, 1.165) is 18.5 Å². The fraction of sp³-hybridized carbons (Fsp3) is 0.500. The summed E-state index contributed by atoms with van der Waals surface area (Å²) >= 11 is 6.07. The third-order valence-electron chi connectivity index (χ3n) is 3.77. The average Bonchev–Trinajstić information content (AvgIpc) is 2.81. The predicted molar refractivity (Wildman–Crippen MR) is 79.4 cm³/mol. The number of hydrogen-bond donors (Lipinski definition) is 1. The van der Waals surface area contributed by atoms with E-state index in [1.165, 1.54) is 17.3 Å². The van der Waals surface area contributed by atoms with Gasteiger partial charge in [-0.15, -0.1) is 0 Å². The molecule has 1 N–H and O–H groups in total. The van der Waals surface area contributed by atoms with Crippen LogP contribution in [0.4, 0.5) is 5.69 Å². The molecule has 1 aliphatic carbocycles. The predicted octanol–water partition coefficient (Wildman–Crippen LogP) is 2.61. The standard InChI is InChI=1S/C14H17ClN4O2/c1-9-5-11(21-18-9)6-16-13-12(15)7-17-19(14(13)20)8-10-3-2-4-10/h5,7,10,16H,2-4,6,8H2,1H3. The minimum atomic E-state index is -0.189. The molecule has 7 heteroatoms. The molecule has 2 aromatic rings. The van der Waals surface area contributed by atoms with Crippen LogP contribution in [0.15, 0.2) is 21.6 Å². The van der Waals surface area contributed by atoms with Crippen molar-refractivity contribution < 1.29 is 4.52 Å². The zero-order chi connectivity index (χ0) is 14.8. The first-order valence-electron chi connectivity index (χ1n) is 7.05. The van der Waals surface area contributed by atoms with Crippen LogP contribution in [-0.2, 0) is 13.1 Å². The number of aryl methyl sites for hydroxylation is 1. The summed E-state index contributed by atoms with van der Waals surface area (Å²) in [6, 6.07) is 1.81. The molecule has 6 nitrogen and oxygen atoms in total. The summed E-state index contributed by atoms with van der Waals surface area (Å²) < 4.78 is 6.60. The van der Waals surface area contributed by atoms with Crippen molar-refractivity contribution in [3.63, 3.8) is 0 Å². The Balaban J connectivity index is 1.76. The van der Waals surface area contributed by atoms with Gasteiger partial charge in [-0.05, 0) is 25.7 Å². The highest BCUT2D eigenvalue weighted by molar-refractivity contribution is 6.32. The van der Waals surface area contributed by atoms with Crippen LogP contribution in [0.1, 0.15) is 30.7 Å². The van der Waals surface area contributed by atoms with Gasteiger partial charge in [-0.2, -0.15) is 5.10 Å². The molecule has 1 fully saturated rings. The minimum absolute atomic E-state index is 0.189. The van der Waals surface area contributed by atoms with E-state index in [1.807, 2.05) is 13.0 Å². The first-order valence-corrected chi connectivity index (χ1v) is 7.43. The summed E-state index contributed by atoms with van der Waals surface area (Å²) in [4.78, 5) is 12.4. The highest BCUT2D eigenvalue weighted by atomic mass is 35.5. The Kier molecular flexibility index (Phi) is 3.96. The van der Waals surface area contributed by atoms with Gasteiger partial charge >= 0.3 is 0 Å². The van der Waals surface area contributed by atoms with Crippen molar-refractivity contribution in [1.82, 2.24) is 14.9 Å². The Morgan fingerprint density at radius 3 is 2.95 bits per heavy atom. The molecule has 0 spiro atoms. The van der Waals surface area contributed by atoms with E-state index in [0.29, 0.717) is 35.5 Å². The molecule has 0 unspecified atom stereocenters. The molecule has 0 bridgehead atoms. The highest BCUT2D eigenvalue weighted by Gasteiger charge is 2.20. The van der Waals surface area contributed by atoms with Gasteiger partial charge in [0.2, 0.25) is 0 Å². The third-order valence-corrected chi connectivity index (χ3v) is 4.06. The van der Waals surface area contributed by atoms with Crippen LogP contribution >= 0.6 is 11.6 Å². The second kappa shape index (κ2) is 5.89. The summed E-state index contributed by atoms with van der Waals surface area (Å²) in [7, 11) is 0. The molecule has 21 heavy (non-hydrogen) atoms. The van der Waals surface area contributed by atoms with Crippen LogP contribution in [0.2, 0.25) is 5.02 Å². The lowest BCUT2D eigenvalue weighted by Crippen LogP contribution is -2.30. The zero-order valence-corrected chi connectivity index (χ0v) is 12.6. The lowest BCUT2D eigenvalue weighted by Gasteiger charge is -2.25. The molecule has 2 heterocycles. The summed E-state index contributed by atoms with van der Waals surface area (Å²) in [5, 5.41) is 11.3. The van der Waals surface area contributed by atoms with E-state index in [2.05, 4.69) is 15.6 Å². The van der Waals surface area contributed by atoms with E-state index < -0.39 is 0 Å². The first-order chi connectivity index (χ1) is 10.1. The molecule has 1 aliphatic rings. The maximum absolute atomic E-state index is 12.4. The fourth-order valence-electron chi connectivity index (χ4n) is 2.35. The molecule has 0 amide bonds. The van der Waals surface area contributed by atoms with Crippen molar-refractivity contribution in [1.29, 1.82) is 0 Å². The Morgan fingerprint density at radius 1 is 1.52 bits per heavy atom. The van der Waals surface area contributed by atoms with Gasteiger partial charge in [-0.3, -0.25) is 4.79 Å². The molecule has 3 rings (SSSR count). The molecule has 112 valence electrons. The molecule has 2 aromatic heterocycles. The largest absolute Gasteiger partial charge is 0.372 e. The number of anilines is 1. The van der Waals surface area contributed by atoms with Gasteiger partial charge in [0, 0.05) is 12.6 Å². The lowest BCUT2D eigenvalue weighted by atomic mass is 9.85. The molecule has 0 saturated heterocycles. The van der Waals surface area contributed by atoms with Crippen molar-refractivity contribution in [2.75, 3.05) is 5.32 Å². The Bertz CT molecular complexity index is 691. The SMILES string of the molecule is Cc1cc(CNc2c(Cl)cnn(CC3CCC3)c2=O)on1. The quantitative estimate of drug-likeness (QED) is 0.919. The first kappa shape index (κ1) is 14.1. The van der Waals surface area contributed by atoms with Gasteiger partial charge in [0.05, 0.1) is 23.5 Å². The van der Waals surface area contributed by atoms with Crippen LogP contribution in [0, 0.1) is 12.8 Å². The van der Waals surface area contributed by atoms with E-state index in [1.54, 1.807) is 0 Å². The van der Waals surface area contributed by atoms with Crippen molar-refractivity contribution in [3.8, 4) is 0 Å². The van der Waals surface area contributed by atoms with Crippen LogP contribution in [0.5, 0.6) is 0 Å². The van der Waals surface area contributed by atoms with Crippen LogP contribution in [0.25, 0.3) is 0 Å². The number of rotatable bonds is 5. The second-order valence-electron chi connectivity index (χ2n) is 5.44. The Morgan fingerprint density at radius 2 is 2.33 bits per heavy atom. The minimum Gasteiger partial charge on any atom is -0.372 e. The summed E-state index contributed by atoms with van der Waals surface area (Å²) in [5.41, 5.74) is 0.973. The zero-order valence-electron chi connectivity index (χ0n) is 11.8. The van der Waals surface area contributed by atoms with Gasteiger partial charge < -0.3 is 9.84 Å². The number of aromatic nitrogens is 3. The normalized spacial score (nSPS) is 15.0. The Hall–Kier alpha value is -1.82. The van der Waals surface area contributed by atoms with Gasteiger partial charge in [0.1, 0.15) is 5.69 Å². The van der Waals surface area contributed by atoms with Crippen molar-refractivity contribution in [2.24, 2.45) is 5.92 Å². The smallest absolute Gasteiger partial charge is 0.291 e. The maximum atomic E-state index is 12.4. The molecule has 0 aromatic carbocycles. The highest BCUT2D eigenvalue weighted by Crippen LogP contribution is 2.27. The second-order valence-corrected chi connectivity index (χ2v) is 5.85. The summed E-state index contributed by atoms with van der Waals surface area (Å²) in [6.45, 7) is 2.87. The number of nitrogens with one attached hydrogen (secondary N) is 1. The number of hydrogen-bond acceptors (Lipinski definition) is 5. The van der Waals surface area contributed by atoms with Crippen LogP contribution < -0.4 is 10.9 Å². The summed E-state index contributed by atoms with van der Waals surface area (Å²) in [6.07, 6.45) is 5.08. The van der Waals surface area contributed by atoms with Gasteiger partial charge in [-0.1, -0.05) is 23.2 Å². The monoisotopic (exact) mass is 308 g/mol. The molecular weight excluding hydrogens is 292 g/mol. The molecular formula is C14H17ClN4O2. The van der Waals surface area contributed by atoms with E-state index in [4.69, 9.17) is 16.1 Å². The molecule has 0 aliphatic heterocycles.